The van der Waals surface area contributed by atoms with Gasteiger partial charge in [0.2, 0.25) is 0 Å². The van der Waals surface area contributed by atoms with Gasteiger partial charge in [-0.1, -0.05) is 13.8 Å². The lowest BCUT2D eigenvalue weighted by Crippen LogP contribution is -2.34. The maximum Gasteiger partial charge on any atom is 0.124 e. The van der Waals surface area contributed by atoms with Gasteiger partial charge in [0, 0.05) is 5.38 Å². The van der Waals surface area contributed by atoms with Crippen molar-refractivity contribution in [3.63, 3.8) is 0 Å². The number of hydrogen-bond acceptors (Lipinski definition) is 3. The highest BCUT2D eigenvalue weighted by Gasteiger charge is 2.26. The van der Waals surface area contributed by atoms with Crippen molar-refractivity contribution in [2.75, 3.05) is 0 Å². The standard InChI is InChI=1S/C10H14N2S/c1-4-8-7-13-9(12-8)10(11,5-2)6-3/h1,7H,5-6,11H2,2-3H3. The summed E-state index contributed by atoms with van der Waals surface area (Å²) in [5.74, 6) is 2.51. The molecular formula is C10H14N2S. The Bertz CT molecular complexity index is 318. The molecule has 0 amide bonds. The Labute approximate surface area is 83.2 Å². The molecule has 70 valence electrons. The van der Waals surface area contributed by atoms with E-state index in [1.165, 1.54) is 0 Å². The van der Waals surface area contributed by atoms with Crippen LogP contribution in [0.2, 0.25) is 0 Å². The zero-order valence-corrected chi connectivity index (χ0v) is 8.82. The van der Waals surface area contributed by atoms with Gasteiger partial charge in [0.25, 0.3) is 0 Å². The second-order valence-corrected chi connectivity index (χ2v) is 3.90. The van der Waals surface area contributed by atoms with Gasteiger partial charge < -0.3 is 5.73 Å². The molecule has 0 fully saturated rings. The molecule has 1 aromatic heterocycles. The van der Waals surface area contributed by atoms with E-state index in [1.807, 2.05) is 5.38 Å². The molecule has 0 spiro atoms. The van der Waals surface area contributed by atoms with Crippen LogP contribution in [0.25, 0.3) is 0 Å². The molecule has 0 bridgehead atoms. The lowest BCUT2D eigenvalue weighted by molar-refractivity contribution is 0.410. The SMILES string of the molecule is C#Cc1csc(C(N)(CC)CC)n1. The van der Waals surface area contributed by atoms with Crippen LogP contribution in [-0.4, -0.2) is 4.98 Å². The monoisotopic (exact) mass is 194 g/mol. The first kappa shape index (κ1) is 10.2. The Morgan fingerprint density at radius 3 is 2.62 bits per heavy atom. The average molecular weight is 194 g/mol. The van der Waals surface area contributed by atoms with Crippen LogP contribution >= 0.6 is 11.3 Å². The van der Waals surface area contributed by atoms with Crippen molar-refractivity contribution < 1.29 is 0 Å². The van der Waals surface area contributed by atoms with E-state index in [1.54, 1.807) is 11.3 Å². The van der Waals surface area contributed by atoms with Gasteiger partial charge in [-0.05, 0) is 18.8 Å². The Hall–Kier alpha value is -0.850. The molecule has 3 heteroatoms. The van der Waals surface area contributed by atoms with E-state index in [9.17, 15) is 0 Å². The Morgan fingerprint density at radius 1 is 1.62 bits per heavy atom. The molecular weight excluding hydrogens is 180 g/mol. The topological polar surface area (TPSA) is 38.9 Å². The van der Waals surface area contributed by atoms with Crippen LogP contribution in [0.4, 0.5) is 0 Å². The molecule has 0 aliphatic heterocycles. The maximum absolute atomic E-state index is 6.17. The number of thiazole rings is 1. The van der Waals surface area contributed by atoms with E-state index in [0.29, 0.717) is 5.69 Å². The van der Waals surface area contributed by atoms with Crippen molar-refractivity contribution in [2.24, 2.45) is 5.73 Å². The smallest absolute Gasteiger partial charge is 0.124 e. The van der Waals surface area contributed by atoms with Gasteiger partial charge in [-0.3, -0.25) is 0 Å². The zero-order chi connectivity index (χ0) is 9.90. The normalized spacial score (nSPS) is 11.2. The predicted octanol–water partition coefficient (Wildman–Crippen LogP) is 2.10. The van der Waals surface area contributed by atoms with E-state index in [-0.39, 0.29) is 5.54 Å². The first-order valence-electron chi connectivity index (χ1n) is 4.37. The fraction of sp³-hybridized carbons (Fsp3) is 0.500. The minimum atomic E-state index is -0.292. The molecule has 0 radical (unpaired) electrons. The summed E-state index contributed by atoms with van der Waals surface area (Å²) in [5.41, 5.74) is 6.56. The third-order valence-electron chi connectivity index (χ3n) is 2.34. The van der Waals surface area contributed by atoms with Gasteiger partial charge in [-0.2, -0.15) is 0 Å². The maximum atomic E-state index is 6.17. The summed E-state index contributed by atoms with van der Waals surface area (Å²) < 4.78 is 0. The van der Waals surface area contributed by atoms with Gasteiger partial charge in [0.05, 0.1) is 5.54 Å². The van der Waals surface area contributed by atoms with Crippen molar-refractivity contribution in [1.29, 1.82) is 0 Å². The molecule has 0 saturated carbocycles. The molecule has 0 aromatic carbocycles. The molecule has 2 nitrogen and oxygen atoms in total. The number of aromatic nitrogens is 1. The van der Waals surface area contributed by atoms with Gasteiger partial charge in [-0.25, -0.2) is 4.98 Å². The van der Waals surface area contributed by atoms with Crippen molar-refractivity contribution >= 4 is 11.3 Å². The number of rotatable bonds is 3. The first-order valence-corrected chi connectivity index (χ1v) is 5.25. The minimum absolute atomic E-state index is 0.292. The van der Waals surface area contributed by atoms with Crippen LogP contribution in [-0.2, 0) is 5.54 Å². The zero-order valence-electron chi connectivity index (χ0n) is 8.00. The average Bonchev–Trinajstić information content (AvgIpc) is 2.65. The third kappa shape index (κ3) is 1.90. The van der Waals surface area contributed by atoms with Crippen molar-refractivity contribution in [3.8, 4) is 12.3 Å². The molecule has 0 aliphatic rings. The number of nitrogens with two attached hydrogens (primary N) is 1. The molecule has 0 atom stereocenters. The highest BCUT2D eigenvalue weighted by atomic mass is 32.1. The lowest BCUT2D eigenvalue weighted by Gasteiger charge is -2.23. The number of nitrogens with zero attached hydrogens (tertiary/aromatic N) is 1. The van der Waals surface area contributed by atoms with Crippen molar-refractivity contribution in [1.82, 2.24) is 4.98 Å². The quantitative estimate of drug-likeness (QED) is 0.748. The second kappa shape index (κ2) is 3.91. The van der Waals surface area contributed by atoms with E-state index < -0.39 is 0 Å². The largest absolute Gasteiger partial charge is 0.319 e. The highest BCUT2D eigenvalue weighted by Crippen LogP contribution is 2.28. The predicted molar refractivity (Wildman–Crippen MR) is 56.5 cm³/mol. The lowest BCUT2D eigenvalue weighted by atomic mass is 9.95. The summed E-state index contributed by atoms with van der Waals surface area (Å²) in [5, 5.41) is 2.83. The first-order chi connectivity index (χ1) is 6.16. The van der Waals surface area contributed by atoms with E-state index in [4.69, 9.17) is 12.2 Å². The van der Waals surface area contributed by atoms with E-state index in [2.05, 4.69) is 24.8 Å². The summed E-state index contributed by atoms with van der Waals surface area (Å²) >= 11 is 1.55. The highest BCUT2D eigenvalue weighted by molar-refractivity contribution is 7.09. The van der Waals surface area contributed by atoms with Crippen LogP contribution in [0.1, 0.15) is 37.4 Å². The fourth-order valence-corrected chi connectivity index (χ4v) is 2.14. The van der Waals surface area contributed by atoms with Gasteiger partial charge >= 0.3 is 0 Å². The van der Waals surface area contributed by atoms with Crippen LogP contribution < -0.4 is 5.73 Å². The van der Waals surface area contributed by atoms with Gasteiger partial charge in [-0.15, -0.1) is 17.8 Å². The Balaban J connectivity index is 3.00. The van der Waals surface area contributed by atoms with Crippen LogP contribution in [0.5, 0.6) is 0 Å². The summed E-state index contributed by atoms with van der Waals surface area (Å²) in [4.78, 5) is 4.30. The van der Waals surface area contributed by atoms with Gasteiger partial charge in [0.15, 0.2) is 0 Å². The summed E-state index contributed by atoms with van der Waals surface area (Å²) in [7, 11) is 0. The number of terminal acetylenes is 1. The number of hydrogen-bond donors (Lipinski definition) is 1. The Kier molecular flexibility index (Phi) is 3.07. The second-order valence-electron chi connectivity index (χ2n) is 3.05. The van der Waals surface area contributed by atoms with Crippen LogP contribution in [0.3, 0.4) is 0 Å². The molecule has 0 unspecified atom stereocenters. The van der Waals surface area contributed by atoms with E-state index in [0.717, 1.165) is 17.8 Å². The molecule has 0 saturated heterocycles. The van der Waals surface area contributed by atoms with Gasteiger partial charge in [0.1, 0.15) is 10.7 Å². The van der Waals surface area contributed by atoms with Crippen molar-refractivity contribution in [2.45, 2.75) is 32.2 Å². The molecule has 2 N–H and O–H groups in total. The Morgan fingerprint density at radius 2 is 2.23 bits per heavy atom. The molecule has 0 aliphatic carbocycles. The van der Waals surface area contributed by atoms with E-state index >= 15 is 0 Å². The molecule has 1 rings (SSSR count). The van der Waals surface area contributed by atoms with Crippen molar-refractivity contribution in [3.05, 3.63) is 16.1 Å². The summed E-state index contributed by atoms with van der Waals surface area (Å²) in [6.45, 7) is 4.14. The third-order valence-corrected chi connectivity index (χ3v) is 3.40. The van der Waals surface area contributed by atoms with Crippen LogP contribution in [0, 0.1) is 12.3 Å². The molecule has 13 heavy (non-hydrogen) atoms. The fourth-order valence-electron chi connectivity index (χ4n) is 1.12. The summed E-state index contributed by atoms with van der Waals surface area (Å²) in [6, 6.07) is 0. The van der Waals surface area contributed by atoms with Crippen LogP contribution in [0.15, 0.2) is 5.38 Å². The summed E-state index contributed by atoms with van der Waals surface area (Å²) in [6.07, 6.45) is 7.02. The molecule has 1 aromatic rings. The molecule has 1 heterocycles. The minimum Gasteiger partial charge on any atom is -0.319 e.